The Morgan fingerprint density at radius 3 is 2.04 bits per heavy atom. The Balaban J connectivity index is 1.96. The van der Waals surface area contributed by atoms with E-state index in [0.717, 1.165) is 29.5 Å². The first-order valence-electron chi connectivity index (χ1n) is 9.32. The first kappa shape index (κ1) is 18.0. The predicted octanol–water partition coefficient (Wildman–Crippen LogP) is 3.02. The summed E-state index contributed by atoms with van der Waals surface area (Å²) in [7, 11) is 0. The van der Waals surface area contributed by atoms with Crippen molar-refractivity contribution >= 4 is 17.8 Å². The number of aliphatic hydroxyl groups excluding tert-OH is 1. The van der Waals surface area contributed by atoms with Crippen molar-refractivity contribution in [2.45, 2.75) is 52.4 Å². The van der Waals surface area contributed by atoms with Gasteiger partial charge in [-0.25, -0.2) is 0 Å². The van der Waals surface area contributed by atoms with Crippen LogP contribution >= 0.6 is 0 Å². The van der Waals surface area contributed by atoms with Crippen molar-refractivity contribution in [3.8, 4) is 0 Å². The fraction of sp³-hybridized carbons (Fsp3) is 0.571. The van der Waals surface area contributed by atoms with Crippen LogP contribution in [0.15, 0.2) is 17.1 Å². The molecule has 0 heterocycles. The van der Waals surface area contributed by atoms with Crippen LogP contribution in [0.5, 0.6) is 0 Å². The van der Waals surface area contributed by atoms with Crippen molar-refractivity contribution in [1.29, 1.82) is 0 Å². The number of carbonyl (C=O) groups excluding carboxylic acids is 2. The molecule has 2 fully saturated rings. The smallest absolute Gasteiger partial charge is 0.151 e. The van der Waals surface area contributed by atoms with Crippen molar-refractivity contribution in [3.63, 3.8) is 0 Å². The molecule has 4 nitrogen and oxygen atoms in total. The van der Waals surface area contributed by atoms with E-state index in [2.05, 4.69) is 37.9 Å². The number of benzene rings is 1. The molecule has 0 aliphatic heterocycles. The molecule has 2 aliphatic carbocycles. The normalized spacial score (nSPS) is 29.0. The number of ketones is 2. The standard InChI is InChI=1S/C21H27NO3/c1-4-14-6-12(3)7-15(5-2)18(14)19-20(24)16-8-13(10-22-11-23)9-17(16)21(19)25/h6-7,10,13,16-17,19,23H,4-5,8-9,11H2,1-3H3. The van der Waals surface area contributed by atoms with E-state index in [-0.39, 0.29) is 36.1 Å². The van der Waals surface area contributed by atoms with Gasteiger partial charge in [-0.05, 0) is 55.2 Å². The Hall–Kier alpha value is -1.81. The minimum absolute atomic E-state index is 0.100. The lowest BCUT2D eigenvalue weighted by Crippen LogP contribution is -2.21. The summed E-state index contributed by atoms with van der Waals surface area (Å²) in [5.74, 6) is -0.598. The number of aryl methyl sites for hydroxylation is 3. The van der Waals surface area contributed by atoms with Gasteiger partial charge in [-0.2, -0.15) is 0 Å². The highest BCUT2D eigenvalue weighted by atomic mass is 16.3. The zero-order valence-electron chi connectivity index (χ0n) is 15.3. The Kier molecular flexibility index (Phi) is 5.19. The Bertz CT molecular complexity index is 673. The zero-order chi connectivity index (χ0) is 18.1. The largest absolute Gasteiger partial charge is 0.375 e. The first-order chi connectivity index (χ1) is 12.0. The molecule has 3 rings (SSSR count). The van der Waals surface area contributed by atoms with E-state index >= 15 is 0 Å². The predicted molar refractivity (Wildman–Crippen MR) is 98.0 cm³/mol. The molecule has 1 aromatic rings. The molecule has 2 atom stereocenters. The van der Waals surface area contributed by atoms with Gasteiger partial charge in [0.25, 0.3) is 0 Å². The van der Waals surface area contributed by atoms with Crippen LogP contribution in [-0.2, 0) is 22.4 Å². The molecule has 2 aliphatic rings. The lowest BCUT2D eigenvalue weighted by Gasteiger charge is -2.20. The van der Waals surface area contributed by atoms with Crippen LogP contribution in [0.2, 0.25) is 0 Å². The maximum atomic E-state index is 13.1. The number of rotatable bonds is 5. The van der Waals surface area contributed by atoms with Gasteiger partial charge in [0.15, 0.2) is 11.6 Å². The molecule has 25 heavy (non-hydrogen) atoms. The number of aliphatic hydroxyl groups is 1. The third-order valence-corrected chi connectivity index (χ3v) is 5.84. The molecule has 0 bridgehead atoms. The molecule has 0 aromatic heterocycles. The molecule has 2 unspecified atom stereocenters. The summed E-state index contributed by atoms with van der Waals surface area (Å²) in [5.41, 5.74) is 4.46. The van der Waals surface area contributed by atoms with E-state index in [1.807, 2.05) is 0 Å². The number of fused-ring (bicyclic) bond motifs is 1. The van der Waals surface area contributed by atoms with Gasteiger partial charge in [0.1, 0.15) is 12.6 Å². The van der Waals surface area contributed by atoms with Crippen LogP contribution in [0.4, 0.5) is 0 Å². The topological polar surface area (TPSA) is 66.7 Å². The van der Waals surface area contributed by atoms with Crippen molar-refractivity contribution in [2.24, 2.45) is 22.7 Å². The van der Waals surface area contributed by atoms with Crippen LogP contribution in [0.25, 0.3) is 0 Å². The van der Waals surface area contributed by atoms with Crippen molar-refractivity contribution in [3.05, 3.63) is 34.4 Å². The van der Waals surface area contributed by atoms with E-state index < -0.39 is 5.92 Å². The number of Topliss-reactive ketones (excluding diaryl/α,β-unsaturated/α-hetero) is 2. The molecule has 0 spiro atoms. The van der Waals surface area contributed by atoms with E-state index in [1.54, 1.807) is 6.21 Å². The van der Waals surface area contributed by atoms with Gasteiger partial charge < -0.3 is 5.11 Å². The van der Waals surface area contributed by atoms with E-state index in [1.165, 1.54) is 5.56 Å². The summed E-state index contributed by atoms with van der Waals surface area (Å²) in [6.07, 6.45) is 4.76. The lowest BCUT2D eigenvalue weighted by atomic mass is 9.82. The van der Waals surface area contributed by atoms with Crippen LogP contribution in [0.1, 0.15) is 54.9 Å². The summed E-state index contributed by atoms with van der Waals surface area (Å²) in [4.78, 5) is 30.1. The number of nitrogens with zero attached hydrogens (tertiary/aromatic N) is 1. The lowest BCUT2D eigenvalue weighted by molar-refractivity contribution is -0.125. The van der Waals surface area contributed by atoms with E-state index in [4.69, 9.17) is 5.11 Å². The first-order valence-corrected chi connectivity index (χ1v) is 9.32. The van der Waals surface area contributed by atoms with Gasteiger partial charge in [0, 0.05) is 18.1 Å². The molecular weight excluding hydrogens is 314 g/mol. The summed E-state index contributed by atoms with van der Waals surface area (Å²) < 4.78 is 0. The van der Waals surface area contributed by atoms with E-state index in [9.17, 15) is 9.59 Å². The van der Waals surface area contributed by atoms with E-state index in [0.29, 0.717) is 12.8 Å². The monoisotopic (exact) mass is 341 g/mol. The van der Waals surface area contributed by atoms with Gasteiger partial charge in [-0.3, -0.25) is 14.6 Å². The van der Waals surface area contributed by atoms with Gasteiger partial charge >= 0.3 is 0 Å². The number of hydrogen-bond acceptors (Lipinski definition) is 4. The van der Waals surface area contributed by atoms with Crippen LogP contribution < -0.4 is 0 Å². The summed E-state index contributed by atoms with van der Waals surface area (Å²) in [6, 6.07) is 4.25. The quantitative estimate of drug-likeness (QED) is 0.661. The van der Waals surface area contributed by atoms with Crippen LogP contribution in [0, 0.1) is 24.7 Å². The van der Waals surface area contributed by atoms with Gasteiger partial charge in [0.05, 0.1) is 0 Å². The van der Waals surface area contributed by atoms with Crippen molar-refractivity contribution in [1.82, 2.24) is 0 Å². The van der Waals surface area contributed by atoms with Crippen LogP contribution in [-0.4, -0.2) is 29.6 Å². The Morgan fingerprint density at radius 2 is 1.60 bits per heavy atom. The highest BCUT2D eigenvalue weighted by molar-refractivity contribution is 6.16. The van der Waals surface area contributed by atoms with Crippen molar-refractivity contribution in [2.75, 3.05) is 6.73 Å². The van der Waals surface area contributed by atoms with Gasteiger partial charge in [-0.1, -0.05) is 31.5 Å². The molecule has 1 aromatic carbocycles. The minimum Gasteiger partial charge on any atom is -0.375 e. The molecule has 1 N–H and O–H groups in total. The Labute approximate surface area is 149 Å². The average molecular weight is 341 g/mol. The third kappa shape index (κ3) is 3.08. The SMILES string of the molecule is CCc1cc(C)cc(CC)c1C1C(=O)C2CC(C=NCO)CC2C1=O. The second-order valence-electron chi connectivity index (χ2n) is 7.36. The molecule has 0 saturated heterocycles. The average Bonchev–Trinajstić information content (AvgIpc) is 3.12. The van der Waals surface area contributed by atoms with Crippen molar-refractivity contribution < 1.29 is 14.7 Å². The molecule has 2 saturated carbocycles. The maximum Gasteiger partial charge on any atom is 0.151 e. The highest BCUT2D eigenvalue weighted by Crippen LogP contribution is 2.49. The Morgan fingerprint density at radius 1 is 1.08 bits per heavy atom. The fourth-order valence-corrected chi connectivity index (χ4v) is 4.79. The summed E-state index contributed by atoms with van der Waals surface area (Å²) >= 11 is 0. The van der Waals surface area contributed by atoms with Gasteiger partial charge in [0.2, 0.25) is 0 Å². The minimum atomic E-state index is -0.573. The molecule has 0 radical (unpaired) electrons. The number of aliphatic imine (C=N–C) groups is 1. The second kappa shape index (κ2) is 7.20. The maximum absolute atomic E-state index is 13.1. The molecular formula is C21H27NO3. The summed E-state index contributed by atoms with van der Waals surface area (Å²) in [5, 5.41) is 8.83. The number of hydrogen-bond donors (Lipinski definition) is 1. The zero-order valence-corrected chi connectivity index (χ0v) is 15.3. The summed E-state index contributed by atoms with van der Waals surface area (Å²) in [6.45, 7) is 6.01. The third-order valence-electron chi connectivity index (χ3n) is 5.84. The molecule has 4 heteroatoms. The molecule has 134 valence electrons. The second-order valence-corrected chi connectivity index (χ2v) is 7.36. The molecule has 0 amide bonds. The highest BCUT2D eigenvalue weighted by Gasteiger charge is 2.54. The fourth-order valence-electron chi connectivity index (χ4n) is 4.79. The van der Waals surface area contributed by atoms with Crippen LogP contribution in [0.3, 0.4) is 0 Å². The van der Waals surface area contributed by atoms with Gasteiger partial charge in [-0.15, -0.1) is 0 Å². The number of carbonyl (C=O) groups is 2.